The number of hydrogen-bond donors (Lipinski definition) is 2. The number of amides is 1. The van der Waals surface area contributed by atoms with E-state index in [9.17, 15) is 4.79 Å². The van der Waals surface area contributed by atoms with Gasteiger partial charge in [0.25, 0.3) is 0 Å². The summed E-state index contributed by atoms with van der Waals surface area (Å²) in [6.07, 6.45) is 2.03. The van der Waals surface area contributed by atoms with Crippen LogP contribution in [0.5, 0.6) is 5.75 Å². The highest BCUT2D eigenvalue weighted by Crippen LogP contribution is 2.11. The lowest BCUT2D eigenvalue weighted by Gasteiger charge is -2.28. The van der Waals surface area contributed by atoms with Gasteiger partial charge in [0.1, 0.15) is 12.3 Å². The largest absolute Gasteiger partial charge is 0.497 e. The molecular formula is C14H21N2O2+. The molecule has 1 aromatic rings. The maximum absolute atomic E-state index is 11.2. The zero-order valence-electron chi connectivity index (χ0n) is 10.8. The smallest absolute Gasteiger partial charge is 0.226 e. The first-order valence-electron chi connectivity index (χ1n) is 6.45. The van der Waals surface area contributed by atoms with E-state index in [0.717, 1.165) is 38.2 Å². The predicted molar refractivity (Wildman–Crippen MR) is 69.3 cm³/mol. The van der Waals surface area contributed by atoms with Crippen molar-refractivity contribution in [2.24, 2.45) is 11.7 Å². The molecule has 4 nitrogen and oxygen atoms in total. The van der Waals surface area contributed by atoms with Gasteiger partial charge in [-0.25, -0.2) is 0 Å². The molecule has 1 heterocycles. The molecule has 0 spiro atoms. The Labute approximate surface area is 108 Å². The first-order valence-corrected chi connectivity index (χ1v) is 6.45. The van der Waals surface area contributed by atoms with E-state index < -0.39 is 0 Å². The minimum absolute atomic E-state index is 0.0481. The predicted octanol–water partition coefficient (Wildman–Crippen LogP) is -0.0246. The normalized spacial score (nSPS) is 23.6. The van der Waals surface area contributed by atoms with Gasteiger partial charge in [-0.2, -0.15) is 0 Å². The Hall–Kier alpha value is -1.55. The number of primary amides is 1. The summed E-state index contributed by atoms with van der Waals surface area (Å²) in [6, 6.07) is 8.12. The average molecular weight is 249 g/mol. The minimum Gasteiger partial charge on any atom is -0.497 e. The Kier molecular flexibility index (Phi) is 4.20. The van der Waals surface area contributed by atoms with E-state index in [4.69, 9.17) is 10.5 Å². The van der Waals surface area contributed by atoms with E-state index in [1.165, 1.54) is 10.5 Å². The van der Waals surface area contributed by atoms with Crippen molar-refractivity contribution in [2.75, 3.05) is 20.2 Å². The molecule has 1 amide bonds. The standard InChI is InChI=1S/C14H20N2O2/c1-18-13-6-4-11(5-7-13)9-16-8-2-3-12(10-16)14(15)17/h4-7,12H,2-3,8-10H2,1H3,(H2,15,17)/p+1/t12-/m0/s1. The summed E-state index contributed by atoms with van der Waals surface area (Å²) in [5, 5.41) is 0. The molecule has 1 aliphatic heterocycles. The maximum atomic E-state index is 11.2. The zero-order valence-corrected chi connectivity index (χ0v) is 10.8. The van der Waals surface area contributed by atoms with Crippen LogP contribution in [0.2, 0.25) is 0 Å². The van der Waals surface area contributed by atoms with E-state index in [1.807, 2.05) is 12.1 Å². The van der Waals surface area contributed by atoms with Crippen molar-refractivity contribution in [1.82, 2.24) is 0 Å². The molecule has 0 radical (unpaired) electrons. The number of nitrogens with one attached hydrogen (secondary N) is 1. The van der Waals surface area contributed by atoms with Crippen LogP contribution in [0.4, 0.5) is 0 Å². The first kappa shape index (κ1) is 12.9. The quantitative estimate of drug-likeness (QED) is 0.787. The molecule has 18 heavy (non-hydrogen) atoms. The van der Waals surface area contributed by atoms with Gasteiger partial charge in [-0.3, -0.25) is 4.79 Å². The lowest BCUT2D eigenvalue weighted by molar-refractivity contribution is -0.921. The number of likely N-dealkylation sites (tertiary alicyclic amines) is 1. The summed E-state index contributed by atoms with van der Waals surface area (Å²) < 4.78 is 5.14. The van der Waals surface area contributed by atoms with Gasteiger partial charge in [0.15, 0.2) is 0 Å². The number of ether oxygens (including phenoxy) is 1. The van der Waals surface area contributed by atoms with Crippen molar-refractivity contribution in [2.45, 2.75) is 19.4 Å². The van der Waals surface area contributed by atoms with Gasteiger partial charge in [-0.1, -0.05) is 0 Å². The second kappa shape index (κ2) is 5.87. The second-order valence-corrected chi connectivity index (χ2v) is 4.97. The number of benzene rings is 1. The number of carbonyl (C=O) groups is 1. The summed E-state index contributed by atoms with van der Waals surface area (Å²) in [5.74, 6) is 0.774. The lowest BCUT2D eigenvalue weighted by Crippen LogP contribution is -3.12. The first-order chi connectivity index (χ1) is 8.69. The number of carbonyl (C=O) groups excluding carboxylic acids is 1. The summed E-state index contributed by atoms with van der Waals surface area (Å²) in [4.78, 5) is 12.7. The molecule has 0 saturated carbocycles. The van der Waals surface area contributed by atoms with Crippen LogP contribution in [0, 0.1) is 5.92 Å². The molecule has 1 saturated heterocycles. The number of rotatable bonds is 4. The van der Waals surface area contributed by atoms with E-state index >= 15 is 0 Å². The van der Waals surface area contributed by atoms with Gasteiger partial charge in [0.05, 0.1) is 26.1 Å². The van der Waals surface area contributed by atoms with Crippen molar-refractivity contribution in [1.29, 1.82) is 0 Å². The fourth-order valence-electron chi connectivity index (χ4n) is 2.59. The maximum Gasteiger partial charge on any atom is 0.226 e. The summed E-state index contributed by atoms with van der Waals surface area (Å²) in [5.41, 5.74) is 6.67. The molecule has 3 N–H and O–H groups in total. The van der Waals surface area contributed by atoms with E-state index in [-0.39, 0.29) is 11.8 Å². The Balaban J connectivity index is 1.93. The third-order valence-corrected chi connectivity index (χ3v) is 3.63. The Bertz CT molecular complexity index is 403. The summed E-state index contributed by atoms with van der Waals surface area (Å²) in [6.45, 7) is 2.94. The SMILES string of the molecule is COc1ccc(C[NH+]2CCC[C@H](C(N)=O)C2)cc1. The van der Waals surface area contributed by atoms with Crippen LogP contribution < -0.4 is 15.4 Å². The van der Waals surface area contributed by atoms with Crippen LogP contribution in [0.25, 0.3) is 0 Å². The Morgan fingerprint density at radius 1 is 1.44 bits per heavy atom. The number of quaternary nitrogens is 1. The Morgan fingerprint density at radius 3 is 2.78 bits per heavy atom. The minimum atomic E-state index is -0.151. The molecule has 1 aliphatic rings. The highest BCUT2D eigenvalue weighted by Gasteiger charge is 2.26. The van der Waals surface area contributed by atoms with Crippen molar-refractivity contribution in [3.8, 4) is 5.75 Å². The van der Waals surface area contributed by atoms with Gasteiger partial charge in [0.2, 0.25) is 5.91 Å². The molecule has 1 fully saturated rings. The van der Waals surface area contributed by atoms with Gasteiger partial charge in [-0.15, -0.1) is 0 Å². The monoisotopic (exact) mass is 249 g/mol. The molecule has 2 atom stereocenters. The fourth-order valence-corrected chi connectivity index (χ4v) is 2.59. The number of piperidine rings is 1. The fraction of sp³-hybridized carbons (Fsp3) is 0.500. The van der Waals surface area contributed by atoms with Crippen LogP contribution in [-0.4, -0.2) is 26.1 Å². The second-order valence-electron chi connectivity index (χ2n) is 4.97. The van der Waals surface area contributed by atoms with Crippen molar-refractivity contribution < 1.29 is 14.4 Å². The molecule has 0 aliphatic carbocycles. The lowest BCUT2D eigenvalue weighted by atomic mass is 9.97. The van der Waals surface area contributed by atoms with E-state index in [2.05, 4.69) is 12.1 Å². The van der Waals surface area contributed by atoms with Crippen molar-refractivity contribution >= 4 is 5.91 Å². The third kappa shape index (κ3) is 3.23. The molecule has 1 unspecified atom stereocenters. The highest BCUT2D eigenvalue weighted by molar-refractivity contribution is 5.76. The molecular weight excluding hydrogens is 228 g/mol. The van der Waals surface area contributed by atoms with Gasteiger partial charge in [-0.05, 0) is 37.1 Å². The van der Waals surface area contributed by atoms with Crippen LogP contribution in [0.1, 0.15) is 18.4 Å². The van der Waals surface area contributed by atoms with E-state index in [1.54, 1.807) is 7.11 Å². The summed E-state index contributed by atoms with van der Waals surface area (Å²) >= 11 is 0. The van der Waals surface area contributed by atoms with Crippen molar-refractivity contribution in [3.63, 3.8) is 0 Å². The molecule has 1 aromatic carbocycles. The van der Waals surface area contributed by atoms with Crippen LogP contribution in [-0.2, 0) is 11.3 Å². The van der Waals surface area contributed by atoms with Gasteiger partial charge in [0, 0.05) is 5.56 Å². The topological polar surface area (TPSA) is 56.8 Å². The van der Waals surface area contributed by atoms with Gasteiger partial charge < -0.3 is 15.4 Å². The zero-order chi connectivity index (χ0) is 13.0. The molecule has 0 bridgehead atoms. The number of methoxy groups -OCH3 is 1. The van der Waals surface area contributed by atoms with Crippen molar-refractivity contribution in [3.05, 3.63) is 29.8 Å². The van der Waals surface area contributed by atoms with E-state index in [0.29, 0.717) is 0 Å². The summed E-state index contributed by atoms with van der Waals surface area (Å²) in [7, 11) is 1.67. The number of nitrogens with two attached hydrogens (primary N) is 1. The molecule has 2 rings (SSSR count). The van der Waals surface area contributed by atoms with Crippen LogP contribution in [0.15, 0.2) is 24.3 Å². The molecule has 98 valence electrons. The molecule has 0 aromatic heterocycles. The van der Waals surface area contributed by atoms with Crippen LogP contribution >= 0.6 is 0 Å². The highest BCUT2D eigenvalue weighted by atomic mass is 16.5. The van der Waals surface area contributed by atoms with Crippen LogP contribution in [0.3, 0.4) is 0 Å². The average Bonchev–Trinajstić information content (AvgIpc) is 2.40. The number of hydrogen-bond acceptors (Lipinski definition) is 2. The van der Waals surface area contributed by atoms with Gasteiger partial charge >= 0.3 is 0 Å². The third-order valence-electron chi connectivity index (χ3n) is 3.63. The molecule has 4 heteroatoms. The Morgan fingerprint density at radius 2 is 2.17 bits per heavy atom.